The first kappa shape index (κ1) is 17.5. The molecule has 1 aromatic heterocycles. The number of sulfonamides is 1. The Bertz CT molecular complexity index is 1010. The zero-order chi connectivity index (χ0) is 18.0. The number of aryl methyl sites for hydroxylation is 2. The van der Waals surface area contributed by atoms with Crippen molar-refractivity contribution in [1.82, 2.24) is 9.71 Å². The molecular weight excluding hydrogens is 336 g/mol. The topological polar surface area (TPSA) is 71.2 Å². The summed E-state index contributed by atoms with van der Waals surface area (Å²) in [5, 5.41) is 1.13. The van der Waals surface area contributed by atoms with Gasteiger partial charge in [-0.3, -0.25) is 0 Å². The van der Waals surface area contributed by atoms with Crippen LogP contribution in [0.3, 0.4) is 0 Å². The molecular formula is C19H22N2O3S. The van der Waals surface area contributed by atoms with Crippen molar-refractivity contribution in [3.05, 3.63) is 59.3 Å². The summed E-state index contributed by atoms with van der Waals surface area (Å²) in [7, 11) is -2.16. The number of rotatable bonds is 6. The molecule has 0 saturated carbocycles. The number of methoxy groups -OCH3 is 1. The van der Waals surface area contributed by atoms with E-state index in [-0.39, 0.29) is 4.90 Å². The van der Waals surface area contributed by atoms with Gasteiger partial charge in [0.25, 0.3) is 0 Å². The molecule has 0 aliphatic rings. The van der Waals surface area contributed by atoms with Crippen LogP contribution in [-0.2, 0) is 16.4 Å². The van der Waals surface area contributed by atoms with Gasteiger partial charge in [0, 0.05) is 23.1 Å². The number of aromatic nitrogens is 1. The van der Waals surface area contributed by atoms with E-state index < -0.39 is 10.0 Å². The fraction of sp³-hybridized carbons (Fsp3) is 0.263. The van der Waals surface area contributed by atoms with E-state index in [0.29, 0.717) is 18.7 Å². The van der Waals surface area contributed by atoms with Gasteiger partial charge in [-0.2, -0.15) is 0 Å². The van der Waals surface area contributed by atoms with Crippen molar-refractivity contribution in [3.63, 3.8) is 0 Å². The molecule has 0 spiro atoms. The maximum atomic E-state index is 12.6. The monoisotopic (exact) mass is 358 g/mol. The van der Waals surface area contributed by atoms with Crippen LogP contribution >= 0.6 is 0 Å². The Morgan fingerprint density at radius 1 is 1.12 bits per heavy atom. The number of para-hydroxylation sites is 1. The van der Waals surface area contributed by atoms with Crippen molar-refractivity contribution >= 4 is 20.9 Å². The van der Waals surface area contributed by atoms with Crippen molar-refractivity contribution in [3.8, 4) is 5.75 Å². The highest BCUT2D eigenvalue weighted by atomic mass is 32.2. The van der Waals surface area contributed by atoms with Crippen LogP contribution in [0.2, 0.25) is 0 Å². The second-order valence-corrected chi connectivity index (χ2v) is 7.81. The zero-order valence-electron chi connectivity index (χ0n) is 14.6. The summed E-state index contributed by atoms with van der Waals surface area (Å²) in [6, 6.07) is 13.2. The van der Waals surface area contributed by atoms with Crippen molar-refractivity contribution in [1.29, 1.82) is 0 Å². The van der Waals surface area contributed by atoms with Gasteiger partial charge in [-0.05, 0) is 49.6 Å². The molecule has 0 saturated heterocycles. The van der Waals surface area contributed by atoms with Crippen LogP contribution in [-0.4, -0.2) is 27.1 Å². The summed E-state index contributed by atoms with van der Waals surface area (Å²) < 4.78 is 33.2. The molecule has 5 nitrogen and oxygen atoms in total. The molecule has 0 aliphatic heterocycles. The Kier molecular flexibility index (Phi) is 4.83. The first-order valence-corrected chi connectivity index (χ1v) is 9.61. The van der Waals surface area contributed by atoms with Crippen LogP contribution in [0.15, 0.2) is 47.4 Å². The molecule has 0 radical (unpaired) electrons. The first-order valence-electron chi connectivity index (χ1n) is 8.13. The van der Waals surface area contributed by atoms with E-state index in [1.54, 1.807) is 12.1 Å². The van der Waals surface area contributed by atoms with E-state index in [1.807, 2.05) is 44.2 Å². The minimum Gasteiger partial charge on any atom is -0.495 e. The first-order chi connectivity index (χ1) is 11.9. The minimum absolute atomic E-state index is 0.172. The number of H-pyrrole nitrogens is 1. The van der Waals surface area contributed by atoms with E-state index in [2.05, 4.69) is 9.71 Å². The maximum absolute atomic E-state index is 12.6. The van der Waals surface area contributed by atoms with Gasteiger partial charge in [0.05, 0.1) is 7.11 Å². The third kappa shape index (κ3) is 3.55. The highest BCUT2D eigenvalue weighted by Crippen LogP contribution is 2.25. The maximum Gasteiger partial charge on any atom is 0.244 e. The highest BCUT2D eigenvalue weighted by Gasteiger charge is 2.19. The molecule has 0 aliphatic carbocycles. The lowest BCUT2D eigenvalue weighted by Gasteiger charge is -2.11. The lowest BCUT2D eigenvalue weighted by Crippen LogP contribution is -2.26. The second kappa shape index (κ2) is 6.90. The molecule has 0 atom stereocenters. The van der Waals surface area contributed by atoms with Gasteiger partial charge in [-0.1, -0.05) is 24.3 Å². The molecule has 0 fully saturated rings. The standard InChI is InChI=1S/C19H22N2O3S/c1-13-8-9-18(24-3)19(12-13)25(22,23)20-11-10-15-14(2)21-17-7-5-4-6-16(15)17/h4-9,12,20-21H,10-11H2,1-3H3. The van der Waals surface area contributed by atoms with Crippen LogP contribution in [0.25, 0.3) is 10.9 Å². The van der Waals surface area contributed by atoms with Crippen molar-refractivity contribution in [2.24, 2.45) is 0 Å². The fourth-order valence-electron chi connectivity index (χ4n) is 3.04. The van der Waals surface area contributed by atoms with Crippen LogP contribution in [0, 0.1) is 13.8 Å². The molecule has 132 valence electrons. The summed E-state index contributed by atoms with van der Waals surface area (Å²) in [6.45, 7) is 4.18. The average Bonchev–Trinajstić information content (AvgIpc) is 2.90. The molecule has 3 aromatic rings. The van der Waals surface area contributed by atoms with Crippen LogP contribution in [0.5, 0.6) is 5.75 Å². The highest BCUT2D eigenvalue weighted by molar-refractivity contribution is 7.89. The lowest BCUT2D eigenvalue weighted by atomic mass is 10.1. The summed E-state index contributed by atoms with van der Waals surface area (Å²) >= 11 is 0. The van der Waals surface area contributed by atoms with Crippen LogP contribution < -0.4 is 9.46 Å². The molecule has 0 bridgehead atoms. The number of nitrogens with one attached hydrogen (secondary N) is 2. The third-order valence-electron chi connectivity index (χ3n) is 4.30. The van der Waals surface area contributed by atoms with E-state index in [0.717, 1.165) is 27.7 Å². The molecule has 2 aromatic carbocycles. The fourth-order valence-corrected chi connectivity index (χ4v) is 4.32. The molecule has 0 amide bonds. The Balaban J connectivity index is 1.79. The molecule has 25 heavy (non-hydrogen) atoms. The Hall–Kier alpha value is -2.31. The van der Waals surface area contributed by atoms with Gasteiger partial charge >= 0.3 is 0 Å². The van der Waals surface area contributed by atoms with Gasteiger partial charge in [0.15, 0.2) is 0 Å². The normalized spacial score (nSPS) is 11.8. The summed E-state index contributed by atoms with van der Waals surface area (Å²) in [5.74, 6) is 0.348. The van der Waals surface area contributed by atoms with E-state index in [4.69, 9.17) is 4.74 Å². The van der Waals surface area contributed by atoms with Crippen molar-refractivity contribution in [2.45, 2.75) is 25.2 Å². The molecule has 6 heteroatoms. The molecule has 3 rings (SSSR count). The molecule has 1 heterocycles. The number of aromatic amines is 1. The van der Waals surface area contributed by atoms with Crippen molar-refractivity contribution in [2.75, 3.05) is 13.7 Å². The summed E-state index contributed by atoms with van der Waals surface area (Å²) in [5.41, 5.74) is 4.13. The van der Waals surface area contributed by atoms with Gasteiger partial charge in [-0.25, -0.2) is 13.1 Å². The van der Waals surface area contributed by atoms with Gasteiger partial charge in [0.1, 0.15) is 10.6 Å². The minimum atomic E-state index is -3.63. The van der Waals surface area contributed by atoms with Crippen LogP contribution in [0.4, 0.5) is 0 Å². The second-order valence-electron chi connectivity index (χ2n) is 6.08. The Labute approximate surface area is 148 Å². The number of ether oxygens (including phenoxy) is 1. The zero-order valence-corrected chi connectivity index (χ0v) is 15.4. The SMILES string of the molecule is COc1ccc(C)cc1S(=O)(=O)NCCc1c(C)[nH]c2ccccc12. The van der Waals surface area contributed by atoms with E-state index in [9.17, 15) is 8.42 Å². The average molecular weight is 358 g/mol. The van der Waals surface area contributed by atoms with Gasteiger partial charge < -0.3 is 9.72 Å². The van der Waals surface area contributed by atoms with Crippen molar-refractivity contribution < 1.29 is 13.2 Å². The smallest absolute Gasteiger partial charge is 0.244 e. The Morgan fingerprint density at radius 3 is 2.64 bits per heavy atom. The lowest BCUT2D eigenvalue weighted by molar-refractivity contribution is 0.402. The number of hydrogen-bond acceptors (Lipinski definition) is 3. The summed E-state index contributed by atoms with van der Waals surface area (Å²) in [4.78, 5) is 3.51. The summed E-state index contributed by atoms with van der Waals surface area (Å²) in [6.07, 6.45) is 0.614. The predicted molar refractivity (Wildman–Crippen MR) is 99.7 cm³/mol. The number of benzene rings is 2. The van der Waals surface area contributed by atoms with E-state index in [1.165, 1.54) is 7.11 Å². The molecule has 2 N–H and O–H groups in total. The quantitative estimate of drug-likeness (QED) is 0.710. The number of hydrogen-bond donors (Lipinski definition) is 2. The van der Waals surface area contributed by atoms with E-state index >= 15 is 0 Å². The van der Waals surface area contributed by atoms with Gasteiger partial charge in [0.2, 0.25) is 10.0 Å². The Morgan fingerprint density at radius 2 is 1.88 bits per heavy atom. The van der Waals surface area contributed by atoms with Crippen LogP contribution in [0.1, 0.15) is 16.8 Å². The number of fused-ring (bicyclic) bond motifs is 1. The predicted octanol–water partition coefficient (Wildman–Crippen LogP) is 3.31. The third-order valence-corrected chi connectivity index (χ3v) is 5.78. The molecule has 0 unspecified atom stereocenters. The van der Waals surface area contributed by atoms with Gasteiger partial charge in [-0.15, -0.1) is 0 Å². The largest absolute Gasteiger partial charge is 0.495 e.